The lowest BCUT2D eigenvalue weighted by Gasteiger charge is -2.21. The van der Waals surface area contributed by atoms with E-state index in [0.29, 0.717) is 17.6 Å². The Kier molecular flexibility index (Phi) is 4.57. The van der Waals surface area contributed by atoms with Gasteiger partial charge in [-0.3, -0.25) is 0 Å². The van der Waals surface area contributed by atoms with Crippen molar-refractivity contribution in [2.75, 3.05) is 19.1 Å². The number of hydrogen-bond donors (Lipinski definition) is 0. The van der Waals surface area contributed by atoms with Gasteiger partial charge >= 0.3 is 0 Å². The van der Waals surface area contributed by atoms with Crippen LogP contribution in [0.5, 0.6) is 0 Å². The number of halogens is 1. The summed E-state index contributed by atoms with van der Waals surface area (Å²) in [5, 5.41) is 0.415. The second-order valence-electron chi connectivity index (χ2n) is 4.75. The van der Waals surface area contributed by atoms with Crippen molar-refractivity contribution in [2.24, 2.45) is 0 Å². The Bertz CT molecular complexity index is 616. The molecule has 0 saturated carbocycles. The van der Waals surface area contributed by atoms with Crippen molar-refractivity contribution in [3.63, 3.8) is 0 Å². The number of anilines is 2. The Hall–Kier alpha value is -1.65. The Morgan fingerprint density at radius 1 is 1.20 bits per heavy atom. The van der Waals surface area contributed by atoms with Gasteiger partial charge < -0.3 is 9.64 Å². The SMILES string of the molecule is COCc1nc(Cl)cc(N(C)c2ccc(C)cc2C)n1. The largest absolute Gasteiger partial charge is 0.377 e. The number of rotatable bonds is 4. The Labute approximate surface area is 124 Å². The van der Waals surface area contributed by atoms with E-state index < -0.39 is 0 Å². The normalized spacial score (nSPS) is 10.7. The molecule has 1 aromatic carbocycles. The van der Waals surface area contributed by atoms with Crippen molar-refractivity contribution in [1.29, 1.82) is 0 Å². The van der Waals surface area contributed by atoms with Crippen LogP contribution in [0.2, 0.25) is 5.15 Å². The Morgan fingerprint density at radius 2 is 1.95 bits per heavy atom. The maximum atomic E-state index is 6.05. The molecule has 0 unspecified atom stereocenters. The van der Waals surface area contributed by atoms with E-state index >= 15 is 0 Å². The van der Waals surface area contributed by atoms with E-state index in [1.165, 1.54) is 11.1 Å². The van der Waals surface area contributed by atoms with E-state index in [1.54, 1.807) is 13.2 Å². The molecular weight excluding hydrogens is 274 g/mol. The zero-order chi connectivity index (χ0) is 14.7. The van der Waals surface area contributed by atoms with Gasteiger partial charge in [-0.05, 0) is 25.5 Å². The standard InChI is InChI=1S/C15H18ClN3O/c1-10-5-6-12(11(2)7-10)19(3)15-8-13(16)17-14(18-15)9-20-4/h5-8H,9H2,1-4H3. The molecule has 1 aromatic heterocycles. The highest BCUT2D eigenvalue weighted by Crippen LogP contribution is 2.27. The van der Waals surface area contributed by atoms with Crippen LogP contribution in [0.3, 0.4) is 0 Å². The number of aromatic nitrogens is 2. The molecule has 0 amide bonds. The maximum Gasteiger partial charge on any atom is 0.158 e. The molecule has 106 valence electrons. The minimum Gasteiger partial charge on any atom is -0.377 e. The van der Waals surface area contributed by atoms with Gasteiger partial charge in [-0.25, -0.2) is 9.97 Å². The number of benzene rings is 1. The van der Waals surface area contributed by atoms with Crippen LogP contribution in [-0.4, -0.2) is 24.1 Å². The molecule has 0 bridgehead atoms. The first kappa shape index (κ1) is 14.8. The summed E-state index contributed by atoms with van der Waals surface area (Å²) in [4.78, 5) is 10.6. The lowest BCUT2D eigenvalue weighted by molar-refractivity contribution is 0.178. The maximum absolute atomic E-state index is 6.05. The molecule has 0 atom stereocenters. The zero-order valence-electron chi connectivity index (χ0n) is 12.1. The molecule has 4 nitrogen and oxygen atoms in total. The van der Waals surface area contributed by atoms with E-state index in [0.717, 1.165) is 11.5 Å². The molecule has 0 radical (unpaired) electrons. The second kappa shape index (κ2) is 6.20. The van der Waals surface area contributed by atoms with Crippen LogP contribution >= 0.6 is 11.6 Å². The predicted molar refractivity (Wildman–Crippen MR) is 81.7 cm³/mol. The summed E-state index contributed by atoms with van der Waals surface area (Å²) < 4.78 is 5.06. The van der Waals surface area contributed by atoms with E-state index in [1.807, 2.05) is 11.9 Å². The van der Waals surface area contributed by atoms with Gasteiger partial charge in [-0.15, -0.1) is 0 Å². The van der Waals surface area contributed by atoms with Crippen LogP contribution < -0.4 is 4.90 Å². The smallest absolute Gasteiger partial charge is 0.158 e. The van der Waals surface area contributed by atoms with Crippen molar-refractivity contribution < 1.29 is 4.74 Å². The number of ether oxygens (including phenoxy) is 1. The lowest BCUT2D eigenvalue weighted by Crippen LogP contribution is -2.14. The molecule has 0 aliphatic rings. The monoisotopic (exact) mass is 291 g/mol. The highest BCUT2D eigenvalue weighted by atomic mass is 35.5. The Morgan fingerprint density at radius 3 is 2.60 bits per heavy atom. The van der Waals surface area contributed by atoms with Gasteiger partial charge in [-0.1, -0.05) is 29.3 Å². The average molecular weight is 292 g/mol. The van der Waals surface area contributed by atoms with Gasteiger partial charge in [0, 0.05) is 25.9 Å². The molecule has 1 heterocycles. The number of aryl methyl sites for hydroxylation is 2. The third-order valence-electron chi connectivity index (χ3n) is 3.06. The molecule has 0 saturated heterocycles. The second-order valence-corrected chi connectivity index (χ2v) is 5.13. The summed E-state index contributed by atoms with van der Waals surface area (Å²) in [6.07, 6.45) is 0. The van der Waals surface area contributed by atoms with E-state index in [4.69, 9.17) is 16.3 Å². The molecule has 0 aliphatic carbocycles. The van der Waals surface area contributed by atoms with Crippen LogP contribution in [-0.2, 0) is 11.3 Å². The summed E-state index contributed by atoms with van der Waals surface area (Å²) in [6.45, 7) is 4.50. The predicted octanol–water partition coefficient (Wildman–Crippen LogP) is 3.66. The average Bonchev–Trinajstić information content (AvgIpc) is 2.37. The Balaban J connectivity index is 2.39. The van der Waals surface area contributed by atoms with Crippen LogP contribution in [0.1, 0.15) is 17.0 Å². The highest BCUT2D eigenvalue weighted by molar-refractivity contribution is 6.29. The molecule has 2 rings (SSSR count). The fourth-order valence-corrected chi connectivity index (χ4v) is 2.32. The topological polar surface area (TPSA) is 38.2 Å². The molecule has 0 fully saturated rings. The van der Waals surface area contributed by atoms with Crippen LogP contribution in [0.15, 0.2) is 24.3 Å². The molecular formula is C15H18ClN3O. The fraction of sp³-hybridized carbons (Fsp3) is 0.333. The molecule has 0 N–H and O–H groups in total. The number of nitrogens with zero attached hydrogens (tertiary/aromatic N) is 3. The van der Waals surface area contributed by atoms with E-state index in [9.17, 15) is 0 Å². The van der Waals surface area contributed by atoms with Gasteiger partial charge in [0.15, 0.2) is 5.82 Å². The van der Waals surface area contributed by atoms with Crippen molar-refractivity contribution >= 4 is 23.1 Å². The van der Waals surface area contributed by atoms with Gasteiger partial charge in [-0.2, -0.15) is 0 Å². The summed E-state index contributed by atoms with van der Waals surface area (Å²) >= 11 is 6.05. The molecule has 20 heavy (non-hydrogen) atoms. The molecule has 0 aliphatic heterocycles. The summed E-state index contributed by atoms with van der Waals surface area (Å²) in [6, 6.07) is 8.05. The lowest BCUT2D eigenvalue weighted by atomic mass is 10.1. The summed E-state index contributed by atoms with van der Waals surface area (Å²) in [5.41, 5.74) is 3.52. The summed E-state index contributed by atoms with van der Waals surface area (Å²) in [7, 11) is 3.57. The van der Waals surface area contributed by atoms with Crippen molar-refractivity contribution in [3.05, 3.63) is 46.4 Å². The first-order chi connectivity index (χ1) is 9.51. The fourth-order valence-electron chi connectivity index (χ4n) is 2.12. The molecule has 5 heteroatoms. The van der Waals surface area contributed by atoms with Crippen LogP contribution in [0.4, 0.5) is 11.5 Å². The number of methoxy groups -OCH3 is 1. The van der Waals surface area contributed by atoms with Crippen LogP contribution in [0, 0.1) is 13.8 Å². The minimum atomic E-state index is 0.342. The zero-order valence-corrected chi connectivity index (χ0v) is 12.9. The quantitative estimate of drug-likeness (QED) is 0.806. The van der Waals surface area contributed by atoms with Crippen molar-refractivity contribution in [3.8, 4) is 0 Å². The summed E-state index contributed by atoms with van der Waals surface area (Å²) in [5.74, 6) is 1.33. The van der Waals surface area contributed by atoms with Gasteiger partial charge in [0.25, 0.3) is 0 Å². The third-order valence-corrected chi connectivity index (χ3v) is 3.25. The van der Waals surface area contributed by atoms with Gasteiger partial charge in [0.05, 0.1) is 0 Å². The molecule has 2 aromatic rings. The first-order valence-corrected chi connectivity index (χ1v) is 6.72. The van der Waals surface area contributed by atoms with Gasteiger partial charge in [0.1, 0.15) is 17.6 Å². The van der Waals surface area contributed by atoms with E-state index in [2.05, 4.69) is 42.0 Å². The first-order valence-electron chi connectivity index (χ1n) is 6.34. The van der Waals surface area contributed by atoms with Crippen molar-refractivity contribution in [1.82, 2.24) is 9.97 Å². The van der Waals surface area contributed by atoms with E-state index in [-0.39, 0.29) is 0 Å². The highest BCUT2D eigenvalue weighted by Gasteiger charge is 2.11. The van der Waals surface area contributed by atoms with Crippen molar-refractivity contribution in [2.45, 2.75) is 20.5 Å². The third kappa shape index (κ3) is 3.26. The van der Waals surface area contributed by atoms with Crippen LogP contribution in [0.25, 0.3) is 0 Å². The molecule has 0 spiro atoms. The number of hydrogen-bond acceptors (Lipinski definition) is 4. The van der Waals surface area contributed by atoms with Gasteiger partial charge in [0.2, 0.25) is 0 Å². The minimum absolute atomic E-state index is 0.342.